The lowest BCUT2D eigenvalue weighted by Crippen LogP contribution is -2.36. The molecule has 0 aromatic heterocycles. The molecule has 0 aromatic rings. The monoisotopic (exact) mass is 294 g/mol. The minimum Gasteiger partial charge on any atom is -0.0651 e. The molecule has 1 aliphatic rings. The third-order valence-electron chi connectivity index (χ3n) is 6.96. The second-order valence-corrected chi connectivity index (χ2v) is 9.17. The van der Waals surface area contributed by atoms with Crippen molar-refractivity contribution in [3.8, 4) is 0 Å². The summed E-state index contributed by atoms with van der Waals surface area (Å²) in [6, 6.07) is 0. The van der Waals surface area contributed by atoms with Crippen molar-refractivity contribution in [3.63, 3.8) is 0 Å². The summed E-state index contributed by atoms with van der Waals surface area (Å²) in [5, 5.41) is 0. The Morgan fingerprint density at radius 2 is 1.43 bits per heavy atom. The summed E-state index contributed by atoms with van der Waals surface area (Å²) in [6.45, 7) is 19.8. The Balaban J connectivity index is 2.77. The molecule has 1 aliphatic carbocycles. The van der Waals surface area contributed by atoms with Crippen molar-refractivity contribution in [2.45, 2.75) is 93.9 Å². The minimum atomic E-state index is 0.467. The van der Waals surface area contributed by atoms with Crippen LogP contribution in [0.5, 0.6) is 0 Å². The maximum Gasteiger partial charge on any atom is -0.0298 e. The van der Waals surface area contributed by atoms with Gasteiger partial charge in [0.2, 0.25) is 0 Å². The highest BCUT2D eigenvalue weighted by atomic mass is 14.4. The lowest BCUT2D eigenvalue weighted by molar-refractivity contribution is 0.0540. The van der Waals surface area contributed by atoms with Crippen molar-refractivity contribution in [3.05, 3.63) is 0 Å². The molecule has 0 heterocycles. The molecule has 0 bridgehead atoms. The fourth-order valence-electron chi connectivity index (χ4n) is 5.33. The van der Waals surface area contributed by atoms with Crippen LogP contribution in [0.3, 0.4) is 0 Å². The van der Waals surface area contributed by atoms with Gasteiger partial charge in [0.25, 0.3) is 0 Å². The summed E-state index contributed by atoms with van der Waals surface area (Å²) in [5.74, 6) is 5.30. The first-order chi connectivity index (χ1) is 9.71. The summed E-state index contributed by atoms with van der Waals surface area (Å²) in [6.07, 6.45) is 8.72. The molecule has 0 aromatic carbocycles. The van der Waals surface area contributed by atoms with Gasteiger partial charge >= 0.3 is 0 Å². The van der Waals surface area contributed by atoms with Crippen LogP contribution in [0, 0.1) is 40.9 Å². The molecule has 1 saturated carbocycles. The van der Waals surface area contributed by atoms with E-state index in [4.69, 9.17) is 0 Å². The van der Waals surface area contributed by atoms with Crippen LogP contribution in [0.25, 0.3) is 0 Å². The summed E-state index contributed by atoms with van der Waals surface area (Å²) in [7, 11) is 0. The third kappa shape index (κ3) is 4.73. The van der Waals surface area contributed by atoms with Crippen LogP contribution in [0.2, 0.25) is 0 Å². The molecule has 0 aliphatic heterocycles. The van der Waals surface area contributed by atoms with Gasteiger partial charge in [-0.05, 0) is 47.3 Å². The molecule has 1 fully saturated rings. The molecule has 0 N–H and O–H groups in total. The van der Waals surface area contributed by atoms with E-state index in [2.05, 4.69) is 55.4 Å². The summed E-state index contributed by atoms with van der Waals surface area (Å²) in [4.78, 5) is 0. The highest BCUT2D eigenvalue weighted by Gasteiger charge is 2.38. The van der Waals surface area contributed by atoms with Gasteiger partial charge in [-0.15, -0.1) is 0 Å². The smallest absolute Gasteiger partial charge is 0.0298 e. The largest absolute Gasteiger partial charge is 0.0651 e. The van der Waals surface area contributed by atoms with E-state index >= 15 is 0 Å². The van der Waals surface area contributed by atoms with Crippen molar-refractivity contribution in [1.29, 1.82) is 0 Å². The zero-order chi connectivity index (χ0) is 16.2. The lowest BCUT2D eigenvalue weighted by Gasteiger charge is -2.44. The molecule has 0 spiro atoms. The van der Waals surface area contributed by atoms with Crippen LogP contribution in [-0.4, -0.2) is 0 Å². The van der Waals surface area contributed by atoms with Gasteiger partial charge in [0, 0.05) is 0 Å². The fraction of sp³-hybridized carbons (Fsp3) is 1.00. The predicted octanol–water partition coefficient (Wildman–Crippen LogP) is 7.18. The third-order valence-corrected chi connectivity index (χ3v) is 6.96. The maximum absolute atomic E-state index is 2.54. The maximum atomic E-state index is 2.54. The van der Waals surface area contributed by atoms with Crippen molar-refractivity contribution in [2.24, 2.45) is 40.9 Å². The van der Waals surface area contributed by atoms with Crippen LogP contribution in [-0.2, 0) is 0 Å². The van der Waals surface area contributed by atoms with Crippen LogP contribution >= 0.6 is 0 Å². The van der Waals surface area contributed by atoms with Crippen molar-refractivity contribution >= 4 is 0 Å². The Hall–Kier alpha value is 0. The molecule has 21 heavy (non-hydrogen) atoms. The Kier molecular flexibility index (Phi) is 7.28. The van der Waals surface area contributed by atoms with Crippen molar-refractivity contribution < 1.29 is 0 Å². The summed E-state index contributed by atoms with van der Waals surface area (Å²) >= 11 is 0. The van der Waals surface area contributed by atoms with Gasteiger partial charge in [-0.2, -0.15) is 0 Å². The van der Waals surface area contributed by atoms with Gasteiger partial charge in [0.1, 0.15) is 0 Å². The minimum absolute atomic E-state index is 0.467. The normalized spacial score (nSPS) is 22.0. The quantitative estimate of drug-likeness (QED) is 0.444. The molecular weight excluding hydrogens is 252 g/mol. The number of rotatable bonds is 8. The zero-order valence-electron chi connectivity index (χ0n) is 16.2. The van der Waals surface area contributed by atoms with E-state index in [1.54, 1.807) is 0 Å². The lowest BCUT2D eigenvalue weighted by atomic mass is 9.61. The molecule has 0 radical (unpaired) electrons. The van der Waals surface area contributed by atoms with E-state index in [9.17, 15) is 0 Å². The Bertz CT molecular complexity index is 280. The first kappa shape index (κ1) is 19.0. The van der Waals surface area contributed by atoms with Crippen molar-refractivity contribution in [2.75, 3.05) is 0 Å². The molecule has 3 unspecified atom stereocenters. The van der Waals surface area contributed by atoms with Gasteiger partial charge in [-0.1, -0.05) is 87.5 Å². The SMILES string of the molecule is CCC(C(C)C)C(C)(C)C(C)CC(C(C)C)C1CCCC1. The molecule has 0 saturated heterocycles. The van der Waals surface area contributed by atoms with Gasteiger partial charge in [0.15, 0.2) is 0 Å². The number of hydrogen-bond acceptors (Lipinski definition) is 0. The summed E-state index contributed by atoms with van der Waals surface area (Å²) < 4.78 is 0. The fourth-order valence-corrected chi connectivity index (χ4v) is 5.33. The molecule has 0 nitrogen and oxygen atoms in total. The van der Waals surface area contributed by atoms with E-state index < -0.39 is 0 Å². The second-order valence-electron chi connectivity index (χ2n) is 9.17. The topological polar surface area (TPSA) is 0 Å². The van der Waals surface area contributed by atoms with E-state index in [0.29, 0.717) is 5.41 Å². The van der Waals surface area contributed by atoms with Gasteiger partial charge in [0.05, 0.1) is 0 Å². The molecule has 3 atom stereocenters. The highest BCUT2D eigenvalue weighted by Crippen LogP contribution is 2.47. The predicted molar refractivity (Wildman–Crippen MR) is 96.5 cm³/mol. The highest BCUT2D eigenvalue weighted by molar-refractivity contribution is 4.88. The van der Waals surface area contributed by atoms with E-state index in [1.165, 1.54) is 38.5 Å². The Morgan fingerprint density at radius 3 is 1.81 bits per heavy atom. The second kappa shape index (κ2) is 8.02. The van der Waals surface area contributed by atoms with E-state index in [0.717, 1.165) is 35.5 Å². The molecule has 126 valence electrons. The molecule has 1 rings (SSSR count). The average Bonchev–Trinajstić information content (AvgIpc) is 2.88. The zero-order valence-corrected chi connectivity index (χ0v) is 16.2. The molecule has 0 amide bonds. The standard InChI is InChI=1S/C21H42/c1-9-20(16(4)5)21(7,8)17(6)14-19(15(2)3)18-12-10-11-13-18/h15-20H,9-14H2,1-8H3. The van der Waals surface area contributed by atoms with Gasteiger partial charge in [-0.3, -0.25) is 0 Å². The van der Waals surface area contributed by atoms with Crippen molar-refractivity contribution in [1.82, 2.24) is 0 Å². The van der Waals surface area contributed by atoms with Crippen LogP contribution in [0.15, 0.2) is 0 Å². The Morgan fingerprint density at radius 1 is 0.905 bits per heavy atom. The van der Waals surface area contributed by atoms with Crippen LogP contribution < -0.4 is 0 Å². The number of hydrogen-bond donors (Lipinski definition) is 0. The molecular formula is C21H42. The van der Waals surface area contributed by atoms with Crippen LogP contribution in [0.4, 0.5) is 0 Å². The average molecular weight is 295 g/mol. The van der Waals surface area contributed by atoms with E-state index in [1.807, 2.05) is 0 Å². The van der Waals surface area contributed by atoms with Gasteiger partial charge in [-0.25, -0.2) is 0 Å². The molecule has 0 heteroatoms. The van der Waals surface area contributed by atoms with Gasteiger partial charge < -0.3 is 0 Å². The Labute approximate surface area is 135 Å². The van der Waals surface area contributed by atoms with Crippen LogP contribution in [0.1, 0.15) is 93.9 Å². The van der Waals surface area contributed by atoms with E-state index in [-0.39, 0.29) is 0 Å². The first-order valence-corrected chi connectivity index (χ1v) is 9.71. The first-order valence-electron chi connectivity index (χ1n) is 9.71. The summed E-state index contributed by atoms with van der Waals surface area (Å²) in [5.41, 5.74) is 0.467.